The molecule has 11 nitrogen and oxygen atoms in total. The van der Waals surface area contributed by atoms with Crippen molar-refractivity contribution >= 4 is 29.3 Å². The van der Waals surface area contributed by atoms with Crippen LogP contribution in [0.2, 0.25) is 0 Å². The van der Waals surface area contributed by atoms with Crippen molar-refractivity contribution in [3.05, 3.63) is 82.4 Å². The molecule has 3 aromatic rings. The van der Waals surface area contributed by atoms with E-state index in [0.29, 0.717) is 52.7 Å². The van der Waals surface area contributed by atoms with Gasteiger partial charge in [0.1, 0.15) is 0 Å². The van der Waals surface area contributed by atoms with E-state index < -0.39 is 12.1 Å². The largest absolute Gasteiger partial charge is 0.487 e. The number of esters is 1. The summed E-state index contributed by atoms with van der Waals surface area (Å²) in [7, 11) is 0. The molecular weight excluding hydrogens is 578 g/mol. The number of amides is 2. The molecule has 0 saturated carbocycles. The van der Waals surface area contributed by atoms with E-state index in [1.165, 1.54) is 0 Å². The number of aryl methyl sites for hydroxylation is 1. The number of hydrogen-bond acceptors (Lipinski definition) is 9. The van der Waals surface area contributed by atoms with Gasteiger partial charge < -0.3 is 40.0 Å². The van der Waals surface area contributed by atoms with Crippen LogP contribution in [0.4, 0.5) is 16.2 Å². The molecule has 242 valence electrons. The first-order valence-electron chi connectivity index (χ1n) is 15.0. The number of hydrogen-bond donors (Lipinski definition) is 4. The Bertz CT molecular complexity index is 1440. The van der Waals surface area contributed by atoms with Crippen molar-refractivity contribution < 1.29 is 38.4 Å². The summed E-state index contributed by atoms with van der Waals surface area (Å²) in [4.78, 5) is 37.2. The Kier molecular flexibility index (Phi) is 13.5. The van der Waals surface area contributed by atoms with Gasteiger partial charge in [-0.25, -0.2) is 9.59 Å². The van der Waals surface area contributed by atoms with Crippen LogP contribution in [0.3, 0.4) is 0 Å². The van der Waals surface area contributed by atoms with Gasteiger partial charge in [-0.05, 0) is 81.6 Å². The Morgan fingerprint density at radius 1 is 0.911 bits per heavy atom. The monoisotopic (exact) mass is 621 g/mol. The standard InChI is InChI=1S/C34H43N3O8/c1-6-14-43-34(41)36-18-24-9-11-27(12-10-24)37-33(40)28-15-23(5)8-13-29(28)35-19-26-16-25(20-38)17-30(45-22(3)4)32(26)44-21-31(39)42-7-2/h8-13,15-17,22,35,38H,6-7,14,18-21H2,1-5H3,(H,36,41)(H,37,40). The van der Waals surface area contributed by atoms with Gasteiger partial charge in [0.05, 0.1) is 31.5 Å². The summed E-state index contributed by atoms with van der Waals surface area (Å²) in [6.45, 7) is 9.82. The molecule has 4 N–H and O–H groups in total. The quantitative estimate of drug-likeness (QED) is 0.148. The number of carbonyl (C=O) groups excluding carboxylic acids is 3. The number of carbonyl (C=O) groups is 3. The third-order valence-electron chi connectivity index (χ3n) is 6.35. The lowest BCUT2D eigenvalue weighted by molar-refractivity contribution is -0.145. The van der Waals surface area contributed by atoms with E-state index in [1.54, 1.807) is 37.3 Å². The van der Waals surface area contributed by atoms with E-state index in [2.05, 4.69) is 16.0 Å². The molecule has 0 atom stereocenters. The number of rotatable bonds is 16. The third kappa shape index (κ3) is 11.0. The minimum absolute atomic E-state index is 0.190. The van der Waals surface area contributed by atoms with Crippen LogP contribution in [0, 0.1) is 6.92 Å². The van der Waals surface area contributed by atoms with Crippen LogP contribution in [0.25, 0.3) is 0 Å². The molecule has 0 fully saturated rings. The minimum Gasteiger partial charge on any atom is -0.487 e. The fourth-order valence-electron chi connectivity index (χ4n) is 4.30. The van der Waals surface area contributed by atoms with Crippen LogP contribution in [-0.2, 0) is 34.0 Å². The van der Waals surface area contributed by atoms with Crippen molar-refractivity contribution in [3.63, 3.8) is 0 Å². The molecule has 45 heavy (non-hydrogen) atoms. The van der Waals surface area contributed by atoms with Crippen LogP contribution < -0.4 is 25.4 Å². The van der Waals surface area contributed by atoms with Gasteiger partial charge in [-0.15, -0.1) is 0 Å². The first-order chi connectivity index (χ1) is 21.6. The summed E-state index contributed by atoms with van der Waals surface area (Å²) < 4.78 is 21.9. The zero-order chi connectivity index (χ0) is 32.8. The van der Waals surface area contributed by atoms with Crippen LogP contribution in [0.1, 0.15) is 66.7 Å². The Labute approximate surface area is 264 Å². The SMILES string of the molecule is CCCOC(=O)NCc1ccc(NC(=O)c2cc(C)ccc2NCc2cc(CO)cc(OC(C)C)c2OCC(=O)OCC)cc1. The number of ether oxygens (including phenoxy) is 4. The molecule has 0 aliphatic rings. The second-order valence-electron chi connectivity index (χ2n) is 10.5. The molecule has 11 heteroatoms. The Morgan fingerprint density at radius 3 is 2.33 bits per heavy atom. The number of nitrogens with one attached hydrogen (secondary N) is 3. The molecule has 0 unspecified atom stereocenters. The third-order valence-corrected chi connectivity index (χ3v) is 6.35. The average molecular weight is 622 g/mol. The Morgan fingerprint density at radius 2 is 1.67 bits per heavy atom. The molecule has 0 heterocycles. The van der Waals surface area contributed by atoms with Crippen molar-refractivity contribution in [2.24, 2.45) is 0 Å². The molecule has 0 spiro atoms. The van der Waals surface area contributed by atoms with Crippen molar-refractivity contribution in [2.45, 2.75) is 66.8 Å². The lowest BCUT2D eigenvalue weighted by Crippen LogP contribution is -2.24. The van der Waals surface area contributed by atoms with Crippen molar-refractivity contribution in [1.82, 2.24) is 5.32 Å². The van der Waals surface area contributed by atoms with E-state index in [0.717, 1.165) is 17.5 Å². The average Bonchev–Trinajstić information content (AvgIpc) is 3.01. The smallest absolute Gasteiger partial charge is 0.407 e. The molecule has 3 aromatic carbocycles. The maximum absolute atomic E-state index is 13.4. The normalized spacial score (nSPS) is 10.6. The van der Waals surface area contributed by atoms with E-state index >= 15 is 0 Å². The van der Waals surface area contributed by atoms with Gasteiger partial charge in [-0.2, -0.15) is 0 Å². The molecule has 0 saturated heterocycles. The summed E-state index contributed by atoms with van der Waals surface area (Å²) in [5.41, 5.74) is 4.56. The highest BCUT2D eigenvalue weighted by Crippen LogP contribution is 2.35. The highest BCUT2D eigenvalue weighted by atomic mass is 16.6. The lowest BCUT2D eigenvalue weighted by atomic mass is 10.1. The molecule has 3 rings (SSSR count). The van der Waals surface area contributed by atoms with Crippen molar-refractivity contribution in [2.75, 3.05) is 30.5 Å². The maximum Gasteiger partial charge on any atom is 0.407 e. The summed E-state index contributed by atoms with van der Waals surface area (Å²) in [6, 6.07) is 16.1. The summed E-state index contributed by atoms with van der Waals surface area (Å²) >= 11 is 0. The van der Waals surface area contributed by atoms with Gasteiger partial charge in [0, 0.05) is 30.0 Å². The Balaban J connectivity index is 1.78. The molecule has 0 aliphatic carbocycles. The predicted molar refractivity (Wildman–Crippen MR) is 172 cm³/mol. The minimum atomic E-state index is -0.519. The number of alkyl carbamates (subject to hydrolysis) is 1. The van der Waals surface area contributed by atoms with E-state index in [-0.39, 0.29) is 38.4 Å². The molecule has 0 bridgehead atoms. The van der Waals surface area contributed by atoms with Crippen LogP contribution in [-0.4, -0.2) is 49.0 Å². The first kappa shape index (κ1) is 34.7. The zero-order valence-corrected chi connectivity index (χ0v) is 26.5. The summed E-state index contributed by atoms with van der Waals surface area (Å²) in [6.07, 6.45) is 0.0837. The lowest BCUT2D eigenvalue weighted by Gasteiger charge is -2.20. The Hall–Kier alpha value is -4.77. The van der Waals surface area contributed by atoms with Crippen LogP contribution in [0.15, 0.2) is 54.6 Å². The van der Waals surface area contributed by atoms with Gasteiger partial charge in [0.2, 0.25) is 0 Å². The molecule has 2 amide bonds. The van der Waals surface area contributed by atoms with Crippen LogP contribution in [0.5, 0.6) is 11.5 Å². The van der Waals surface area contributed by atoms with Gasteiger partial charge in [-0.3, -0.25) is 4.79 Å². The summed E-state index contributed by atoms with van der Waals surface area (Å²) in [5.74, 6) is -0.111. The maximum atomic E-state index is 13.4. The number of benzene rings is 3. The van der Waals surface area contributed by atoms with Gasteiger partial charge in [0.25, 0.3) is 5.91 Å². The van der Waals surface area contributed by atoms with E-state index in [9.17, 15) is 19.5 Å². The fraction of sp³-hybridized carbons (Fsp3) is 0.382. The number of anilines is 2. The first-order valence-corrected chi connectivity index (χ1v) is 15.0. The second kappa shape index (κ2) is 17.5. The predicted octanol–water partition coefficient (Wildman–Crippen LogP) is 5.72. The fourth-order valence-corrected chi connectivity index (χ4v) is 4.30. The zero-order valence-electron chi connectivity index (χ0n) is 26.5. The van der Waals surface area contributed by atoms with Crippen molar-refractivity contribution in [1.29, 1.82) is 0 Å². The highest BCUT2D eigenvalue weighted by molar-refractivity contribution is 6.08. The second-order valence-corrected chi connectivity index (χ2v) is 10.5. The molecule has 0 aromatic heterocycles. The molecule has 0 aliphatic heterocycles. The molecular formula is C34H43N3O8. The van der Waals surface area contributed by atoms with E-state index in [1.807, 2.05) is 52.0 Å². The van der Waals surface area contributed by atoms with Gasteiger partial charge >= 0.3 is 12.1 Å². The van der Waals surface area contributed by atoms with Gasteiger partial charge in [-0.1, -0.05) is 30.7 Å². The van der Waals surface area contributed by atoms with E-state index in [4.69, 9.17) is 18.9 Å². The van der Waals surface area contributed by atoms with Crippen LogP contribution >= 0.6 is 0 Å². The number of aliphatic hydroxyl groups is 1. The number of aliphatic hydroxyl groups excluding tert-OH is 1. The molecule has 0 radical (unpaired) electrons. The van der Waals surface area contributed by atoms with Gasteiger partial charge in [0.15, 0.2) is 18.1 Å². The highest BCUT2D eigenvalue weighted by Gasteiger charge is 2.19. The summed E-state index contributed by atoms with van der Waals surface area (Å²) in [5, 5.41) is 18.8. The van der Waals surface area contributed by atoms with Crippen molar-refractivity contribution in [3.8, 4) is 11.5 Å². The topological polar surface area (TPSA) is 144 Å².